The molecule has 0 aliphatic heterocycles. The second kappa shape index (κ2) is 8.12. The minimum atomic E-state index is 0.667. The molecule has 0 spiro atoms. The van der Waals surface area contributed by atoms with Crippen LogP contribution >= 0.6 is 11.8 Å². The number of rotatable bonds is 8. The van der Waals surface area contributed by atoms with E-state index in [1.54, 1.807) is 16.4 Å². The van der Waals surface area contributed by atoms with Crippen molar-refractivity contribution >= 4 is 22.5 Å². The van der Waals surface area contributed by atoms with Gasteiger partial charge in [0, 0.05) is 31.5 Å². The first-order chi connectivity index (χ1) is 11.8. The van der Waals surface area contributed by atoms with Crippen LogP contribution in [0.3, 0.4) is 0 Å². The Bertz CT molecular complexity index is 805. The SMILES string of the molecule is CCOc1ccc2ccccc2c1CNCCSc1nnnn1C. The van der Waals surface area contributed by atoms with Crippen LogP contribution in [-0.2, 0) is 13.6 Å². The Kier molecular flexibility index (Phi) is 5.66. The van der Waals surface area contributed by atoms with Crippen LogP contribution in [0.4, 0.5) is 0 Å². The molecule has 0 aliphatic carbocycles. The fraction of sp³-hybridized carbons (Fsp3) is 0.353. The van der Waals surface area contributed by atoms with Gasteiger partial charge >= 0.3 is 0 Å². The van der Waals surface area contributed by atoms with Gasteiger partial charge in [-0.1, -0.05) is 42.1 Å². The molecule has 0 atom stereocenters. The molecule has 1 aromatic heterocycles. The maximum atomic E-state index is 5.80. The second-order valence-electron chi connectivity index (χ2n) is 5.31. The minimum Gasteiger partial charge on any atom is -0.494 e. The molecule has 3 rings (SSSR count). The molecule has 24 heavy (non-hydrogen) atoms. The van der Waals surface area contributed by atoms with Gasteiger partial charge in [0.2, 0.25) is 5.16 Å². The molecule has 0 aliphatic rings. The molecule has 0 amide bonds. The normalized spacial score (nSPS) is 11.1. The average molecular weight is 343 g/mol. The summed E-state index contributed by atoms with van der Waals surface area (Å²) in [7, 11) is 1.85. The molecule has 3 aromatic rings. The summed E-state index contributed by atoms with van der Waals surface area (Å²) >= 11 is 1.64. The predicted molar refractivity (Wildman–Crippen MR) is 96.3 cm³/mol. The molecule has 7 heteroatoms. The summed E-state index contributed by atoms with van der Waals surface area (Å²) in [5.74, 6) is 1.86. The van der Waals surface area contributed by atoms with Gasteiger partial charge in [-0.2, -0.15) is 0 Å². The molecule has 1 heterocycles. The molecule has 126 valence electrons. The van der Waals surface area contributed by atoms with Crippen molar-refractivity contribution in [1.82, 2.24) is 25.5 Å². The third-order valence-electron chi connectivity index (χ3n) is 3.69. The van der Waals surface area contributed by atoms with Crippen molar-refractivity contribution in [1.29, 1.82) is 0 Å². The van der Waals surface area contributed by atoms with E-state index in [1.807, 2.05) is 14.0 Å². The van der Waals surface area contributed by atoms with Gasteiger partial charge in [-0.3, -0.25) is 0 Å². The molecule has 0 fully saturated rings. The first kappa shape index (κ1) is 16.7. The second-order valence-corrected chi connectivity index (χ2v) is 6.37. The summed E-state index contributed by atoms with van der Waals surface area (Å²) in [6.45, 7) is 4.32. The number of thioether (sulfide) groups is 1. The van der Waals surface area contributed by atoms with E-state index in [2.05, 4.69) is 57.2 Å². The van der Waals surface area contributed by atoms with Crippen molar-refractivity contribution in [2.75, 3.05) is 18.9 Å². The van der Waals surface area contributed by atoms with Crippen LogP contribution in [0, 0.1) is 0 Å². The molecule has 6 nitrogen and oxygen atoms in total. The van der Waals surface area contributed by atoms with E-state index >= 15 is 0 Å². The van der Waals surface area contributed by atoms with Crippen molar-refractivity contribution in [3.8, 4) is 5.75 Å². The van der Waals surface area contributed by atoms with Gasteiger partial charge in [0.15, 0.2) is 0 Å². The van der Waals surface area contributed by atoms with E-state index in [4.69, 9.17) is 4.74 Å². The number of tetrazole rings is 1. The number of aryl methyl sites for hydroxylation is 1. The van der Waals surface area contributed by atoms with E-state index in [0.717, 1.165) is 29.7 Å². The number of hydrogen-bond acceptors (Lipinski definition) is 6. The predicted octanol–water partition coefficient (Wildman–Crippen LogP) is 2.64. The third kappa shape index (κ3) is 3.85. The van der Waals surface area contributed by atoms with Crippen LogP contribution in [-0.4, -0.2) is 39.1 Å². The summed E-state index contributed by atoms with van der Waals surface area (Å²) in [6, 6.07) is 12.6. The highest BCUT2D eigenvalue weighted by molar-refractivity contribution is 7.99. The molecule has 2 aromatic carbocycles. The van der Waals surface area contributed by atoms with Gasteiger partial charge in [-0.15, -0.1) is 5.10 Å². The Labute approximate surface area is 145 Å². The summed E-state index contributed by atoms with van der Waals surface area (Å²) < 4.78 is 7.48. The first-order valence-electron chi connectivity index (χ1n) is 7.99. The lowest BCUT2D eigenvalue weighted by Crippen LogP contribution is -2.17. The topological polar surface area (TPSA) is 64.9 Å². The van der Waals surface area contributed by atoms with Crippen molar-refractivity contribution in [2.45, 2.75) is 18.6 Å². The Morgan fingerprint density at radius 1 is 1.21 bits per heavy atom. The first-order valence-corrected chi connectivity index (χ1v) is 8.97. The van der Waals surface area contributed by atoms with E-state index in [9.17, 15) is 0 Å². The fourth-order valence-electron chi connectivity index (χ4n) is 2.56. The number of nitrogens with zero attached hydrogens (tertiary/aromatic N) is 4. The third-order valence-corrected chi connectivity index (χ3v) is 4.70. The zero-order valence-corrected chi connectivity index (χ0v) is 14.7. The Hall–Kier alpha value is -2.12. The van der Waals surface area contributed by atoms with Crippen LogP contribution in [0.2, 0.25) is 0 Å². The number of nitrogens with one attached hydrogen (secondary N) is 1. The smallest absolute Gasteiger partial charge is 0.209 e. The fourth-order valence-corrected chi connectivity index (χ4v) is 3.31. The molecule has 0 unspecified atom stereocenters. The van der Waals surface area contributed by atoms with Crippen LogP contribution in [0.5, 0.6) is 5.75 Å². The lowest BCUT2D eigenvalue weighted by molar-refractivity contribution is 0.336. The van der Waals surface area contributed by atoms with Gasteiger partial charge in [0.25, 0.3) is 0 Å². The Morgan fingerprint density at radius 3 is 2.88 bits per heavy atom. The monoisotopic (exact) mass is 343 g/mol. The van der Waals surface area contributed by atoms with E-state index in [1.165, 1.54) is 16.3 Å². The van der Waals surface area contributed by atoms with Crippen LogP contribution in [0.25, 0.3) is 10.8 Å². The molecule has 0 saturated carbocycles. The van der Waals surface area contributed by atoms with Gasteiger partial charge < -0.3 is 10.1 Å². The standard InChI is InChI=1S/C17H21N5OS/c1-3-23-16-9-8-13-6-4-5-7-14(13)15(16)12-18-10-11-24-17-19-20-21-22(17)2/h4-9,18H,3,10-12H2,1-2H3. The molecular formula is C17H21N5OS. The van der Waals surface area contributed by atoms with E-state index in [0.29, 0.717) is 6.61 Å². The molecule has 0 saturated heterocycles. The van der Waals surface area contributed by atoms with E-state index in [-0.39, 0.29) is 0 Å². The van der Waals surface area contributed by atoms with Crippen LogP contribution in [0.1, 0.15) is 12.5 Å². The number of benzene rings is 2. The van der Waals surface area contributed by atoms with Gasteiger partial charge in [0.05, 0.1) is 6.61 Å². The van der Waals surface area contributed by atoms with Gasteiger partial charge in [-0.05, 0) is 34.2 Å². The van der Waals surface area contributed by atoms with Crippen LogP contribution < -0.4 is 10.1 Å². The number of fused-ring (bicyclic) bond motifs is 1. The number of aromatic nitrogens is 4. The lowest BCUT2D eigenvalue weighted by atomic mass is 10.0. The molecule has 0 bridgehead atoms. The maximum absolute atomic E-state index is 5.80. The maximum Gasteiger partial charge on any atom is 0.209 e. The number of hydrogen-bond donors (Lipinski definition) is 1. The van der Waals surface area contributed by atoms with E-state index < -0.39 is 0 Å². The lowest BCUT2D eigenvalue weighted by Gasteiger charge is -2.14. The van der Waals surface area contributed by atoms with Crippen molar-refractivity contribution in [2.24, 2.45) is 7.05 Å². The highest BCUT2D eigenvalue weighted by Gasteiger charge is 2.08. The molecule has 0 radical (unpaired) electrons. The summed E-state index contributed by atoms with van der Waals surface area (Å²) in [4.78, 5) is 0. The largest absolute Gasteiger partial charge is 0.494 e. The van der Waals surface area contributed by atoms with Crippen molar-refractivity contribution in [3.63, 3.8) is 0 Å². The van der Waals surface area contributed by atoms with Crippen LogP contribution in [0.15, 0.2) is 41.6 Å². The average Bonchev–Trinajstić information content (AvgIpc) is 3.01. The zero-order chi connectivity index (χ0) is 16.8. The minimum absolute atomic E-state index is 0.667. The molecular weight excluding hydrogens is 322 g/mol. The molecule has 1 N–H and O–H groups in total. The summed E-state index contributed by atoms with van der Waals surface area (Å²) in [5.41, 5.74) is 1.21. The highest BCUT2D eigenvalue weighted by Crippen LogP contribution is 2.28. The van der Waals surface area contributed by atoms with Gasteiger partial charge in [0.1, 0.15) is 5.75 Å². The Balaban J connectivity index is 1.63. The zero-order valence-electron chi connectivity index (χ0n) is 13.9. The van der Waals surface area contributed by atoms with Crippen molar-refractivity contribution in [3.05, 3.63) is 42.0 Å². The number of ether oxygens (including phenoxy) is 1. The van der Waals surface area contributed by atoms with Gasteiger partial charge in [-0.25, -0.2) is 4.68 Å². The highest BCUT2D eigenvalue weighted by atomic mass is 32.2. The summed E-state index contributed by atoms with van der Waals surface area (Å²) in [5, 5.41) is 18.2. The van der Waals surface area contributed by atoms with Crippen molar-refractivity contribution < 1.29 is 4.74 Å². The Morgan fingerprint density at radius 2 is 2.08 bits per heavy atom. The summed E-state index contributed by atoms with van der Waals surface area (Å²) in [6.07, 6.45) is 0. The quantitative estimate of drug-likeness (QED) is 0.501.